The lowest BCUT2D eigenvalue weighted by Crippen LogP contribution is -2.37. The number of rotatable bonds is 5. The molecule has 0 aromatic rings. The molecule has 1 aliphatic carbocycles. The highest BCUT2D eigenvalue weighted by atomic mass is 16.2. The highest BCUT2D eigenvalue weighted by Gasteiger charge is 2.31. The first kappa shape index (κ1) is 10.5. The van der Waals surface area contributed by atoms with E-state index in [4.69, 9.17) is 0 Å². The third-order valence-electron chi connectivity index (χ3n) is 2.90. The Morgan fingerprint density at radius 1 is 1.62 bits per heavy atom. The molecule has 76 valence electrons. The van der Waals surface area contributed by atoms with E-state index in [2.05, 4.69) is 12.2 Å². The van der Waals surface area contributed by atoms with Crippen LogP contribution in [-0.4, -0.2) is 37.5 Å². The van der Waals surface area contributed by atoms with Crippen LogP contribution < -0.4 is 5.32 Å². The average molecular weight is 184 g/mol. The van der Waals surface area contributed by atoms with Crippen molar-refractivity contribution in [2.24, 2.45) is 5.92 Å². The minimum absolute atomic E-state index is 0.258. The molecule has 1 atom stereocenters. The lowest BCUT2D eigenvalue weighted by molar-refractivity contribution is -0.131. The van der Waals surface area contributed by atoms with E-state index in [9.17, 15) is 4.79 Å². The van der Waals surface area contributed by atoms with Crippen molar-refractivity contribution >= 4 is 5.91 Å². The lowest BCUT2D eigenvalue weighted by Gasteiger charge is -2.24. The number of hydrogen-bond acceptors (Lipinski definition) is 2. The molecule has 3 heteroatoms. The van der Waals surface area contributed by atoms with Crippen LogP contribution in [0.3, 0.4) is 0 Å². The summed E-state index contributed by atoms with van der Waals surface area (Å²) in [6.45, 7) is 2.93. The zero-order chi connectivity index (χ0) is 9.84. The average Bonchev–Trinajstić information content (AvgIpc) is 2.94. The molecule has 0 aliphatic heterocycles. The molecule has 1 fully saturated rings. The topological polar surface area (TPSA) is 32.3 Å². The van der Waals surface area contributed by atoms with Crippen LogP contribution in [0, 0.1) is 5.92 Å². The van der Waals surface area contributed by atoms with Crippen molar-refractivity contribution in [3.8, 4) is 0 Å². The molecular weight excluding hydrogens is 164 g/mol. The molecular formula is C10H20N2O. The van der Waals surface area contributed by atoms with Crippen molar-refractivity contribution in [1.29, 1.82) is 0 Å². The summed E-state index contributed by atoms with van der Waals surface area (Å²) in [5.41, 5.74) is 0. The molecule has 0 heterocycles. The third-order valence-corrected chi connectivity index (χ3v) is 2.90. The first-order valence-corrected chi connectivity index (χ1v) is 5.07. The van der Waals surface area contributed by atoms with Crippen LogP contribution >= 0.6 is 0 Å². The standard InChI is InChI=1S/C10H20N2O/c1-8(9-4-5-9)12(3)10(13)6-7-11-2/h8-9,11H,4-7H2,1-3H3. The van der Waals surface area contributed by atoms with E-state index in [1.807, 2.05) is 19.0 Å². The summed E-state index contributed by atoms with van der Waals surface area (Å²) in [5.74, 6) is 1.03. The van der Waals surface area contributed by atoms with Gasteiger partial charge >= 0.3 is 0 Å². The number of hydrogen-bond donors (Lipinski definition) is 1. The van der Waals surface area contributed by atoms with Gasteiger partial charge in [-0.3, -0.25) is 4.79 Å². The van der Waals surface area contributed by atoms with Crippen LogP contribution in [0.5, 0.6) is 0 Å². The molecule has 0 bridgehead atoms. The Labute approximate surface area is 80.5 Å². The number of amides is 1. The summed E-state index contributed by atoms with van der Waals surface area (Å²) < 4.78 is 0. The molecule has 1 aliphatic rings. The highest BCUT2D eigenvalue weighted by Crippen LogP contribution is 2.34. The lowest BCUT2D eigenvalue weighted by atomic mass is 10.2. The first-order valence-electron chi connectivity index (χ1n) is 5.07. The van der Waals surface area contributed by atoms with Gasteiger partial charge in [0, 0.05) is 26.1 Å². The fraction of sp³-hybridized carbons (Fsp3) is 0.900. The largest absolute Gasteiger partial charge is 0.343 e. The van der Waals surface area contributed by atoms with Crippen LogP contribution in [0.1, 0.15) is 26.2 Å². The van der Waals surface area contributed by atoms with Crippen molar-refractivity contribution in [2.45, 2.75) is 32.2 Å². The summed E-state index contributed by atoms with van der Waals surface area (Å²) in [6.07, 6.45) is 3.21. The molecule has 1 amide bonds. The van der Waals surface area contributed by atoms with Crippen LogP contribution in [-0.2, 0) is 4.79 Å². The van der Waals surface area contributed by atoms with Gasteiger partial charge in [-0.1, -0.05) is 0 Å². The van der Waals surface area contributed by atoms with Crippen LogP contribution in [0.4, 0.5) is 0 Å². The molecule has 1 N–H and O–H groups in total. The van der Waals surface area contributed by atoms with Gasteiger partial charge in [0.25, 0.3) is 0 Å². The molecule has 0 saturated heterocycles. The van der Waals surface area contributed by atoms with Gasteiger partial charge in [-0.05, 0) is 32.7 Å². The second-order valence-electron chi connectivity index (χ2n) is 3.94. The van der Waals surface area contributed by atoms with Crippen LogP contribution in [0.2, 0.25) is 0 Å². The zero-order valence-electron chi connectivity index (χ0n) is 8.84. The van der Waals surface area contributed by atoms with Gasteiger partial charge in [-0.2, -0.15) is 0 Å². The quantitative estimate of drug-likeness (QED) is 0.687. The minimum Gasteiger partial charge on any atom is -0.343 e. The Morgan fingerprint density at radius 2 is 2.23 bits per heavy atom. The SMILES string of the molecule is CNCCC(=O)N(C)C(C)C1CC1. The monoisotopic (exact) mass is 184 g/mol. The Balaban J connectivity index is 2.27. The molecule has 0 aromatic carbocycles. The van der Waals surface area contributed by atoms with Gasteiger partial charge in [0.05, 0.1) is 0 Å². The van der Waals surface area contributed by atoms with E-state index in [0.29, 0.717) is 12.5 Å². The molecule has 0 radical (unpaired) electrons. The van der Waals surface area contributed by atoms with Crippen molar-refractivity contribution in [1.82, 2.24) is 10.2 Å². The Hall–Kier alpha value is -0.570. The first-order chi connectivity index (χ1) is 6.16. The highest BCUT2D eigenvalue weighted by molar-refractivity contribution is 5.76. The van der Waals surface area contributed by atoms with Crippen molar-refractivity contribution < 1.29 is 4.79 Å². The summed E-state index contributed by atoms with van der Waals surface area (Å²) in [4.78, 5) is 13.5. The molecule has 3 nitrogen and oxygen atoms in total. The third kappa shape index (κ3) is 2.99. The van der Waals surface area contributed by atoms with Crippen LogP contribution in [0.15, 0.2) is 0 Å². The van der Waals surface area contributed by atoms with Gasteiger partial charge in [-0.25, -0.2) is 0 Å². The fourth-order valence-electron chi connectivity index (χ4n) is 1.53. The zero-order valence-corrected chi connectivity index (χ0v) is 8.84. The van der Waals surface area contributed by atoms with Crippen molar-refractivity contribution in [3.63, 3.8) is 0 Å². The predicted molar refractivity (Wildman–Crippen MR) is 53.5 cm³/mol. The second-order valence-corrected chi connectivity index (χ2v) is 3.94. The van der Waals surface area contributed by atoms with Gasteiger partial charge in [0.1, 0.15) is 0 Å². The summed E-state index contributed by atoms with van der Waals surface area (Å²) in [6, 6.07) is 0.435. The molecule has 0 spiro atoms. The maximum absolute atomic E-state index is 11.6. The molecule has 1 saturated carbocycles. The predicted octanol–water partition coefficient (Wildman–Crippen LogP) is 0.853. The smallest absolute Gasteiger partial charge is 0.223 e. The minimum atomic E-state index is 0.258. The van der Waals surface area contributed by atoms with Gasteiger partial charge in [-0.15, -0.1) is 0 Å². The van der Waals surface area contributed by atoms with E-state index in [1.165, 1.54) is 12.8 Å². The second kappa shape index (κ2) is 4.61. The van der Waals surface area contributed by atoms with Crippen molar-refractivity contribution in [2.75, 3.05) is 20.6 Å². The summed E-state index contributed by atoms with van der Waals surface area (Å²) in [5, 5.41) is 2.99. The maximum atomic E-state index is 11.6. The molecule has 1 unspecified atom stereocenters. The van der Waals surface area contributed by atoms with Gasteiger partial charge in [0.15, 0.2) is 0 Å². The number of nitrogens with zero attached hydrogens (tertiary/aromatic N) is 1. The fourth-order valence-corrected chi connectivity index (χ4v) is 1.53. The number of carbonyl (C=O) groups excluding carboxylic acids is 1. The van der Waals surface area contributed by atoms with E-state index in [0.717, 1.165) is 12.5 Å². The molecule has 13 heavy (non-hydrogen) atoms. The van der Waals surface area contributed by atoms with E-state index < -0.39 is 0 Å². The maximum Gasteiger partial charge on any atom is 0.223 e. The van der Waals surface area contributed by atoms with E-state index >= 15 is 0 Å². The Bertz CT molecular complexity index is 178. The molecule has 1 rings (SSSR count). The Morgan fingerprint density at radius 3 is 2.69 bits per heavy atom. The molecule has 0 aromatic heterocycles. The van der Waals surface area contributed by atoms with E-state index in [1.54, 1.807) is 0 Å². The van der Waals surface area contributed by atoms with Gasteiger partial charge < -0.3 is 10.2 Å². The summed E-state index contributed by atoms with van der Waals surface area (Å²) >= 11 is 0. The number of carbonyl (C=O) groups is 1. The van der Waals surface area contributed by atoms with Gasteiger partial charge in [0.2, 0.25) is 5.91 Å². The van der Waals surface area contributed by atoms with E-state index in [-0.39, 0.29) is 5.91 Å². The number of nitrogens with one attached hydrogen (secondary N) is 1. The van der Waals surface area contributed by atoms with Crippen LogP contribution in [0.25, 0.3) is 0 Å². The summed E-state index contributed by atoms with van der Waals surface area (Å²) in [7, 11) is 3.79. The Kier molecular flexibility index (Phi) is 3.72. The normalized spacial score (nSPS) is 18.4. The van der Waals surface area contributed by atoms with Crippen molar-refractivity contribution in [3.05, 3.63) is 0 Å².